The Kier molecular flexibility index (Phi) is 7.22. The van der Waals surface area contributed by atoms with E-state index in [1.165, 1.54) is 24.0 Å². The number of rotatable bonds is 8. The maximum atomic E-state index is 13.0. The summed E-state index contributed by atoms with van der Waals surface area (Å²) in [6.07, 6.45) is 5.65. The second kappa shape index (κ2) is 10.3. The Labute approximate surface area is 201 Å². The van der Waals surface area contributed by atoms with Crippen LogP contribution in [-0.4, -0.2) is 27.1 Å². The number of aryl methyl sites for hydroxylation is 2. The van der Waals surface area contributed by atoms with Crippen molar-refractivity contribution in [2.45, 2.75) is 38.6 Å². The van der Waals surface area contributed by atoms with Crippen molar-refractivity contribution in [1.29, 1.82) is 0 Å². The molecule has 0 aromatic heterocycles. The van der Waals surface area contributed by atoms with Gasteiger partial charge in [0.05, 0.1) is 18.0 Å². The van der Waals surface area contributed by atoms with Crippen LogP contribution in [-0.2, 0) is 27.7 Å². The number of nitrogens with zero attached hydrogens (tertiary/aromatic N) is 1. The Morgan fingerprint density at radius 2 is 1.65 bits per heavy atom. The average molecular weight is 479 g/mol. The highest BCUT2D eigenvalue weighted by Gasteiger charge is 2.25. The smallest absolute Gasteiger partial charge is 0.241 e. The van der Waals surface area contributed by atoms with Crippen molar-refractivity contribution >= 4 is 21.6 Å². The highest BCUT2D eigenvalue weighted by atomic mass is 32.2. The summed E-state index contributed by atoms with van der Waals surface area (Å²) in [6, 6.07) is 22.0. The molecule has 0 radical (unpaired) electrons. The van der Waals surface area contributed by atoms with Crippen molar-refractivity contribution < 1.29 is 17.9 Å². The first-order chi connectivity index (χ1) is 16.3. The summed E-state index contributed by atoms with van der Waals surface area (Å²) in [7, 11) is -3.75. The summed E-state index contributed by atoms with van der Waals surface area (Å²) >= 11 is 0. The third-order valence-electron chi connectivity index (χ3n) is 6.04. The zero-order chi connectivity index (χ0) is 24.1. The molecule has 3 aromatic rings. The van der Waals surface area contributed by atoms with Gasteiger partial charge < -0.3 is 10.1 Å². The van der Waals surface area contributed by atoms with E-state index in [9.17, 15) is 13.2 Å². The molecule has 0 saturated carbocycles. The fourth-order valence-corrected chi connectivity index (χ4v) is 5.13. The summed E-state index contributed by atoms with van der Waals surface area (Å²) in [6.45, 7) is 1.57. The predicted octanol–water partition coefficient (Wildman–Crippen LogP) is 5.00. The average Bonchev–Trinajstić information content (AvgIpc) is 2.83. The molecule has 1 amide bonds. The summed E-state index contributed by atoms with van der Waals surface area (Å²) < 4.78 is 32.4. The van der Waals surface area contributed by atoms with Gasteiger partial charge >= 0.3 is 0 Å². The second-order valence-electron chi connectivity index (χ2n) is 8.68. The van der Waals surface area contributed by atoms with Gasteiger partial charge in [0.15, 0.2) is 5.75 Å². The number of carbonyl (C=O) groups is 1. The number of sulfonamides is 1. The molecule has 3 aromatic carbocycles. The highest BCUT2D eigenvalue weighted by molar-refractivity contribution is 7.92. The van der Waals surface area contributed by atoms with Gasteiger partial charge in [-0.1, -0.05) is 48.5 Å². The minimum absolute atomic E-state index is 0.239. The summed E-state index contributed by atoms with van der Waals surface area (Å²) in [5.74, 6) is 0.550. The van der Waals surface area contributed by atoms with Crippen LogP contribution in [0.3, 0.4) is 0 Å². The minimum Gasteiger partial charge on any atom is -0.455 e. The van der Waals surface area contributed by atoms with E-state index in [0.29, 0.717) is 17.2 Å². The van der Waals surface area contributed by atoms with E-state index >= 15 is 0 Å². The lowest BCUT2D eigenvalue weighted by atomic mass is 9.89. The maximum Gasteiger partial charge on any atom is 0.241 e. The molecular formula is C27H30N2O4S. The molecule has 0 saturated heterocycles. The number of carbonyl (C=O) groups excluding carboxylic acids is 1. The molecule has 1 N–H and O–H groups in total. The van der Waals surface area contributed by atoms with Gasteiger partial charge in [0, 0.05) is 0 Å². The number of fused-ring (bicyclic) bond motifs is 1. The normalized spacial score (nSPS) is 14.1. The quantitative estimate of drug-likeness (QED) is 0.494. The van der Waals surface area contributed by atoms with Crippen molar-refractivity contribution in [2.24, 2.45) is 0 Å². The number of benzene rings is 3. The molecule has 0 heterocycles. The first-order valence-electron chi connectivity index (χ1n) is 11.5. The van der Waals surface area contributed by atoms with Crippen molar-refractivity contribution in [1.82, 2.24) is 5.32 Å². The molecule has 0 unspecified atom stereocenters. The van der Waals surface area contributed by atoms with Crippen LogP contribution in [0.25, 0.3) is 0 Å². The number of anilines is 1. The van der Waals surface area contributed by atoms with Crippen LogP contribution < -0.4 is 14.4 Å². The Hall–Kier alpha value is -3.32. The van der Waals surface area contributed by atoms with Gasteiger partial charge in [-0.05, 0) is 73.6 Å². The molecule has 34 heavy (non-hydrogen) atoms. The van der Waals surface area contributed by atoms with E-state index in [1.54, 1.807) is 36.4 Å². The fourth-order valence-electron chi connectivity index (χ4n) is 4.27. The Balaban J connectivity index is 1.52. The zero-order valence-electron chi connectivity index (χ0n) is 19.5. The number of para-hydroxylation sites is 3. The zero-order valence-corrected chi connectivity index (χ0v) is 20.3. The van der Waals surface area contributed by atoms with Crippen LogP contribution in [0.15, 0.2) is 72.8 Å². The summed E-state index contributed by atoms with van der Waals surface area (Å²) in [5.41, 5.74) is 4.06. The van der Waals surface area contributed by atoms with Crippen molar-refractivity contribution in [3.63, 3.8) is 0 Å². The Morgan fingerprint density at radius 1 is 0.971 bits per heavy atom. The van der Waals surface area contributed by atoms with Crippen molar-refractivity contribution in [3.05, 3.63) is 89.5 Å². The third-order valence-corrected chi connectivity index (χ3v) is 7.17. The molecule has 0 aliphatic heterocycles. The summed E-state index contributed by atoms with van der Waals surface area (Å²) in [5, 5.41) is 2.96. The van der Waals surface area contributed by atoms with Crippen LogP contribution in [0.4, 0.5) is 5.69 Å². The first-order valence-corrected chi connectivity index (χ1v) is 13.4. The van der Waals surface area contributed by atoms with Crippen molar-refractivity contribution in [3.8, 4) is 11.5 Å². The van der Waals surface area contributed by atoms with Gasteiger partial charge in [-0.25, -0.2) is 8.42 Å². The van der Waals surface area contributed by atoms with E-state index in [0.717, 1.165) is 29.0 Å². The minimum atomic E-state index is -3.75. The number of ether oxygens (including phenoxy) is 1. The molecule has 6 nitrogen and oxygen atoms in total. The third kappa shape index (κ3) is 5.78. The van der Waals surface area contributed by atoms with Crippen LogP contribution in [0.5, 0.6) is 11.5 Å². The van der Waals surface area contributed by atoms with E-state index < -0.39 is 10.0 Å². The molecule has 0 fully saturated rings. The molecule has 7 heteroatoms. The molecule has 0 bridgehead atoms. The largest absolute Gasteiger partial charge is 0.455 e. The van der Waals surface area contributed by atoms with Crippen LogP contribution >= 0.6 is 0 Å². The first kappa shape index (κ1) is 23.8. The van der Waals surface area contributed by atoms with Gasteiger partial charge in [0.25, 0.3) is 0 Å². The van der Waals surface area contributed by atoms with E-state index in [1.807, 2.05) is 31.2 Å². The Morgan fingerprint density at radius 3 is 2.38 bits per heavy atom. The molecular weight excluding hydrogens is 448 g/mol. The topological polar surface area (TPSA) is 75.7 Å². The molecule has 1 aliphatic rings. The van der Waals surface area contributed by atoms with Crippen molar-refractivity contribution in [2.75, 3.05) is 17.1 Å². The van der Waals surface area contributed by atoms with E-state index in [-0.39, 0.29) is 18.5 Å². The van der Waals surface area contributed by atoms with E-state index in [4.69, 9.17) is 4.74 Å². The summed E-state index contributed by atoms with van der Waals surface area (Å²) in [4.78, 5) is 13.0. The number of hydrogen-bond acceptors (Lipinski definition) is 4. The van der Waals surface area contributed by atoms with E-state index in [2.05, 4.69) is 17.4 Å². The van der Waals surface area contributed by atoms with Gasteiger partial charge in [-0.2, -0.15) is 0 Å². The number of nitrogens with one attached hydrogen (secondary N) is 1. The molecule has 4 rings (SSSR count). The van der Waals surface area contributed by atoms with Gasteiger partial charge in [0.2, 0.25) is 15.9 Å². The fraction of sp³-hybridized carbons (Fsp3) is 0.296. The van der Waals surface area contributed by atoms with Gasteiger partial charge in [-0.3, -0.25) is 9.10 Å². The lowest BCUT2D eigenvalue weighted by Crippen LogP contribution is -2.41. The predicted molar refractivity (Wildman–Crippen MR) is 135 cm³/mol. The molecule has 1 atom stereocenters. The Bertz CT molecular complexity index is 1260. The lowest BCUT2D eigenvalue weighted by Gasteiger charge is -2.25. The molecule has 1 aliphatic carbocycles. The monoisotopic (exact) mass is 478 g/mol. The lowest BCUT2D eigenvalue weighted by molar-refractivity contribution is -0.120. The molecule has 0 spiro atoms. The highest BCUT2D eigenvalue weighted by Crippen LogP contribution is 2.33. The van der Waals surface area contributed by atoms with Gasteiger partial charge in [0.1, 0.15) is 12.3 Å². The van der Waals surface area contributed by atoms with Crippen LogP contribution in [0, 0.1) is 0 Å². The van der Waals surface area contributed by atoms with Gasteiger partial charge in [-0.15, -0.1) is 0 Å². The van der Waals surface area contributed by atoms with Crippen LogP contribution in [0.2, 0.25) is 0 Å². The SMILES string of the molecule is C[C@@H](NC(=O)CN(c1ccccc1Oc1ccccc1)S(C)(=O)=O)c1ccc2c(c1)CCCC2. The molecule has 178 valence electrons. The number of amides is 1. The number of hydrogen-bond donors (Lipinski definition) is 1. The second-order valence-corrected chi connectivity index (χ2v) is 10.6. The standard InChI is InChI=1S/C27H30N2O4S/c1-20(22-17-16-21-10-6-7-11-23(21)18-22)28-27(30)19-29(34(2,31)32)25-14-8-9-15-26(25)33-24-12-4-3-5-13-24/h3-5,8-9,12-18,20H,6-7,10-11,19H2,1-2H3,(H,28,30)/t20-/m1/s1. The van der Waals surface area contributed by atoms with Crippen LogP contribution in [0.1, 0.15) is 42.5 Å². The maximum absolute atomic E-state index is 13.0.